The number of carbonyl (C=O) groups excluding carboxylic acids is 1. The number of fused-ring (bicyclic) bond motifs is 6. The van der Waals surface area contributed by atoms with Crippen molar-refractivity contribution in [3.8, 4) is 0 Å². The Morgan fingerprint density at radius 1 is 1.15 bits per heavy atom. The average Bonchev–Trinajstić information content (AvgIpc) is 2.97. The third kappa shape index (κ3) is 3.84. The van der Waals surface area contributed by atoms with E-state index in [1.165, 1.54) is 36.2 Å². The maximum absolute atomic E-state index is 10.0. The van der Waals surface area contributed by atoms with Crippen molar-refractivity contribution in [1.82, 2.24) is 9.38 Å². The van der Waals surface area contributed by atoms with Gasteiger partial charge in [0.15, 0.2) is 5.78 Å². The Bertz CT molecular complexity index is 1110. The number of rotatable bonds is 1. The first kappa shape index (κ1) is 19.8. The molecule has 1 radical (unpaired) electrons. The van der Waals surface area contributed by atoms with Crippen LogP contribution >= 0.6 is 0 Å². The van der Waals surface area contributed by atoms with E-state index in [-0.39, 0.29) is 31.6 Å². The molecule has 0 bridgehead atoms. The van der Waals surface area contributed by atoms with Crippen LogP contribution in [0.2, 0.25) is 0 Å². The second kappa shape index (κ2) is 8.26. The number of nitrogens with zero attached hydrogens (tertiary/aromatic N) is 2. The summed E-state index contributed by atoms with van der Waals surface area (Å²) in [6.45, 7) is 4.93. The predicted molar refractivity (Wildman–Crippen MR) is 101 cm³/mol. The van der Waals surface area contributed by atoms with Gasteiger partial charge in [-0.25, -0.2) is 0 Å². The van der Waals surface area contributed by atoms with Crippen molar-refractivity contribution >= 4 is 33.1 Å². The van der Waals surface area contributed by atoms with Gasteiger partial charge in [0.25, 0.3) is 0 Å². The van der Waals surface area contributed by atoms with Crippen LogP contribution in [0.25, 0.3) is 27.3 Å². The van der Waals surface area contributed by atoms with Gasteiger partial charge in [0.1, 0.15) is 0 Å². The summed E-state index contributed by atoms with van der Waals surface area (Å²) in [5.41, 5.74) is 3.34. The largest absolute Gasteiger partial charge is 0.512 e. The topological polar surface area (TPSA) is 54.6 Å². The Labute approximate surface area is 165 Å². The van der Waals surface area contributed by atoms with Gasteiger partial charge in [-0.05, 0) is 32.2 Å². The van der Waals surface area contributed by atoms with Crippen LogP contribution in [0, 0.1) is 13.0 Å². The Hall–Kier alpha value is -2.49. The maximum Gasteiger partial charge on any atom is 0.155 e. The number of imidazole rings is 1. The number of para-hydroxylation sites is 1. The standard InChI is InChI=1S/C16H11N2.C5H8O2.Ir/c1-11-10-17-16-14-8-3-2-6-12(14)13-7-4-5-9-15(13)18(11)16;1-4(6)3-5(2)7;/h2-7,9-10H,1H3;3,6H,1-2H3;/q-1;;/b;4-3-;. The van der Waals surface area contributed by atoms with Gasteiger partial charge in [-0.15, -0.1) is 29.7 Å². The van der Waals surface area contributed by atoms with Gasteiger partial charge in [0.2, 0.25) is 0 Å². The van der Waals surface area contributed by atoms with Crippen molar-refractivity contribution in [2.75, 3.05) is 0 Å². The molecule has 2 heterocycles. The van der Waals surface area contributed by atoms with Gasteiger partial charge >= 0.3 is 0 Å². The van der Waals surface area contributed by atoms with Crippen molar-refractivity contribution in [3.63, 3.8) is 0 Å². The molecule has 0 aliphatic heterocycles. The first-order valence-corrected chi connectivity index (χ1v) is 8.02. The number of aliphatic hydroxyl groups is 1. The molecule has 0 saturated carbocycles. The van der Waals surface area contributed by atoms with Crippen molar-refractivity contribution < 1.29 is 30.0 Å². The molecule has 26 heavy (non-hydrogen) atoms. The summed E-state index contributed by atoms with van der Waals surface area (Å²) in [7, 11) is 0. The Morgan fingerprint density at radius 3 is 2.50 bits per heavy atom. The van der Waals surface area contributed by atoms with Crippen molar-refractivity contribution in [1.29, 1.82) is 0 Å². The Kier molecular flexibility index (Phi) is 6.30. The molecule has 0 atom stereocenters. The summed E-state index contributed by atoms with van der Waals surface area (Å²) in [6.07, 6.45) is 3.09. The number of pyridine rings is 1. The van der Waals surface area contributed by atoms with Crippen LogP contribution in [0.4, 0.5) is 0 Å². The first-order chi connectivity index (χ1) is 12.0. The average molecular weight is 524 g/mol. The molecule has 4 aromatic rings. The minimum Gasteiger partial charge on any atom is -0.512 e. The van der Waals surface area contributed by atoms with Crippen molar-refractivity contribution in [2.45, 2.75) is 20.8 Å². The minimum atomic E-state index is -0.125. The summed E-state index contributed by atoms with van der Waals surface area (Å²) < 4.78 is 2.20. The van der Waals surface area contributed by atoms with E-state index in [1.807, 2.05) is 18.3 Å². The van der Waals surface area contributed by atoms with E-state index in [4.69, 9.17) is 5.11 Å². The summed E-state index contributed by atoms with van der Waals surface area (Å²) in [6, 6.07) is 17.9. The van der Waals surface area contributed by atoms with E-state index in [0.29, 0.717) is 0 Å². The molecule has 2 aromatic carbocycles. The molecule has 2 aromatic heterocycles. The van der Waals surface area contributed by atoms with Gasteiger partial charge in [-0.2, -0.15) is 0 Å². The molecule has 0 amide bonds. The molecule has 0 aliphatic rings. The minimum absolute atomic E-state index is 0. The van der Waals surface area contributed by atoms with Crippen molar-refractivity contribution in [2.24, 2.45) is 0 Å². The second-order valence-corrected chi connectivity index (χ2v) is 5.93. The maximum atomic E-state index is 10.0. The van der Waals surface area contributed by atoms with Gasteiger partial charge in [0, 0.05) is 43.6 Å². The number of allylic oxidation sites excluding steroid dienone is 2. The molecule has 1 N–H and O–H groups in total. The molecular weight excluding hydrogens is 504 g/mol. The van der Waals surface area contributed by atoms with Crippen LogP contribution in [-0.2, 0) is 24.9 Å². The third-order valence-corrected chi connectivity index (χ3v) is 3.87. The fraction of sp³-hybridized carbons (Fsp3) is 0.143. The SMILES string of the molecule is CC(=O)/C=C(/C)O.Cc1cnc2c3[c-]cccc3c3ccccc3n12.[Ir]. The van der Waals surface area contributed by atoms with Crippen LogP contribution in [0.3, 0.4) is 0 Å². The number of carbonyl (C=O) groups is 1. The molecule has 135 valence electrons. The number of hydrogen-bond acceptors (Lipinski definition) is 3. The Morgan fingerprint density at radius 2 is 1.85 bits per heavy atom. The van der Waals surface area contributed by atoms with E-state index >= 15 is 0 Å². The smallest absolute Gasteiger partial charge is 0.155 e. The van der Waals surface area contributed by atoms with Crippen molar-refractivity contribution in [3.05, 3.63) is 72.3 Å². The number of aryl methyl sites for hydroxylation is 1. The number of ketones is 1. The zero-order chi connectivity index (χ0) is 18.0. The number of aromatic nitrogens is 2. The molecule has 0 saturated heterocycles. The molecule has 0 aliphatic carbocycles. The Balaban J connectivity index is 0.000000265. The number of aliphatic hydroxyl groups excluding tert-OH is 1. The third-order valence-electron chi connectivity index (χ3n) is 3.87. The van der Waals surface area contributed by atoms with Gasteiger partial charge in [0.05, 0.1) is 11.4 Å². The van der Waals surface area contributed by atoms with Crippen LogP contribution < -0.4 is 0 Å². The molecular formula is C21H19IrN2O2-. The van der Waals surface area contributed by atoms with Gasteiger partial charge in [-0.1, -0.05) is 23.6 Å². The summed E-state index contributed by atoms with van der Waals surface area (Å²) in [5, 5.41) is 11.9. The fourth-order valence-electron chi connectivity index (χ4n) is 2.95. The zero-order valence-corrected chi connectivity index (χ0v) is 17.2. The fourth-order valence-corrected chi connectivity index (χ4v) is 2.95. The summed E-state index contributed by atoms with van der Waals surface area (Å²) in [5.74, 6) is -0.0625. The van der Waals surface area contributed by atoms with Crippen LogP contribution in [0.15, 0.2) is 60.5 Å². The van der Waals surface area contributed by atoms with Gasteiger partial charge in [-0.3, -0.25) is 9.78 Å². The normalized spacial score (nSPS) is 11.1. The molecule has 0 unspecified atom stereocenters. The predicted octanol–water partition coefficient (Wildman–Crippen LogP) is 4.78. The monoisotopic (exact) mass is 524 g/mol. The summed E-state index contributed by atoms with van der Waals surface area (Å²) in [4.78, 5) is 14.5. The van der Waals surface area contributed by atoms with E-state index < -0.39 is 0 Å². The summed E-state index contributed by atoms with van der Waals surface area (Å²) >= 11 is 0. The van der Waals surface area contributed by atoms with Crippen LogP contribution in [0.1, 0.15) is 19.5 Å². The molecule has 5 heteroatoms. The van der Waals surface area contributed by atoms with Gasteiger partial charge < -0.3 is 9.51 Å². The van der Waals surface area contributed by atoms with E-state index in [1.54, 1.807) is 0 Å². The second-order valence-electron chi connectivity index (χ2n) is 5.93. The zero-order valence-electron chi connectivity index (χ0n) is 14.8. The van der Waals surface area contributed by atoms with E-state index in [0.717, 1.165) is 16.7 Å². The molecule has 4 rings (SSSR count). The number of hydrogen-bond donors (Lipinski definition) is 1. The van der Waals surface area contributed by atoms with Crippen LogP contribution in [0.5, 0.6) is 0 Å². The van der Waals surface area contributed by atoms with Crippen LogP contribution in [-0.4, -0.2) is 20.3 Å². The number of benzene rings is 2. The quantitative estimate of drug-likeness (QED) is 0.169. The molecule has 0 spiro atoms. The molecule has 4 nitrogen and oxygen atoms in total. The van der Waals surface area contributed by atoms with E-state index in [2.05, 4.69) is 52.7 Å². The van der Waals surface area contributed by atoms with E-state index in [9.17, 15) is 4.79 Å². The first-order valence-electron chi connectivity index (χ1n) is 8.02. The molecule has 0 fully saturated rings.